The van der Waals surface area contributed by atoms with Crippen LogP contribution < -0.4 is 0 Å². The maximum absolute atomic E-state index is 12.9. The molecule has 0 aromatic heterocycles. The highest BCUT2D eigenvalue weighted by Crippen LogP contribution is 2.27. The number of Topliss-reactive ketones (excluding diaryl/α,β-unsaturated/α-hetero) is 1. The molecule has 1 atom stereocenters. The molecule has 0 saturated heterocycles. The van der Waals surface area contributed by atoms with Crippen molar-refractivity contribution in [2.45, 2.75) is 44.9 Å². The number of hydrogen-bond acceptors (Lipinski definition) is 2. The van der Waals surface area contributed by atoms with E-state index in [1.165, 1.54) is 18.6 Å². The second-order valence-corrected chi connectivity index (χ2v) is 5.87. The molecule has 21 heavy (non-hydrogen) atoms. The predicted molar refractivity (Wildman–Crippen MR) is 77.4 cm³/mol. The molecule has 1 saturated carbocycles. The molecule has 0 heterocycles. The number of carbonyl (C=O) groups excluding carboxylic acids is 1. The van der Waals surface area contributed by atoms with E-state index in [1.807, 2.05) is 0 Å². The molecular weight excluding hydrogens is 271 g/mol. The first kappa shape index (κ1) is 15.7. The molecule has 1 N–H and O–H groups in total. The quantitative estimate of drug-likeness (QED) is 0.871. The summed E-state index contributed by atoms with van der Waals surface area (Å²) < 4.78 is 12.9. The van der Waals surface area contributed by atoms with E-state index in [0.717, 1.165) is 31.2 Å². The minimum atomic E-state index is -0.955. The largest absolute Gasteiger partial charge is 0.481 e. The van der Waals surface area contributed by atoms with Crippen molar-refractivity contribution in [1.29, 1.82) is 0 Å². The maximum atomic E-state index is 12.9. The fourth-order valence-corrected chi connectivity index (χ4v) is 2.99. The Balaban J connectivity index is 1.96. The van der Waals surface area contributed by atoms with Crippen LogP contribution in [0.15, 0.2) is 24.3 Å². The molecule has 1 fully saturated rings. The van der Waals surface area contributed by atoms with E-state index in [4.69, 9.17) is 0 Å². The van der Waals surface area contributed by atoms with E-state index in [1.54, 1.807) is 12.1 Å². The molecule has 1 unspecified atom stereocenters. The fourth-order valence-electron chi connectivity index (χ4n) is 2.99. The van der Waals surface area contributed by atoms with Crippen LogP contribution in [-0.4, -0.2) is 16.9 Å². The molecule has 3 nitrogen and oxygen atoms in total. The van der Waals surface area contributed by atoms with Crippen LogP contribution in [0.1, 0.15) is 44.1 Å². The normalized spacial score (nSPS) is 17.4. The van der Waals surface area contributed by atoms with E-state index in [9.17, 15) is 19.1 Å². The number of halogens is 1. The molecular formula is C17H21FO3. The number of carbonyl (C=O) groups is 2. The van der Waals surface area contributed by atoms with Gasteiger partial charge in [0.15, 0.2) is 0 Å². The highest BCUT2D eigenvalue weighted by Gasteiger charge is 2.27. The van der Waals surface area contributed by atoms with Gasteiger partial charge in [0.05, 0.1) is 5.92 Å². The van der Waals surface area contributed by atoms with Gasteiger partial charge in [-0.05, 0) is 37.0 Å². The number of aliphatic carboxylic acids is 1. The van der Waals surface area contributed by atoms with Crippen LogP contribution in [-0.2, 0) is 16.0 Å². The Morgan fingerprint density at radius 3 is 2.33 bits per heavy atom. The lowest BCUT2D eigenvalue weighted by Gasteiger charge is -2.22. The average Bonchev–Trinajstić information content (AvgIpc) is 2.49. The molecule has 0 aliphatic heterocycles. The second kappa shape index (κ2) is 7.34. The number of rotatable bonds is 6. The SMILES string of the molecule is O=C(O)C(CC(=O)C1CCCCC1)Cc1ccc(F)cc1. The third-order valence-electron chi connectivity index (χ3n) is 4.25. The van der Waals surface area contributed by atoms with Crippen LogP contribution >= 0.6 is 0 Å². The molecule has 0 spiro atoms. The predicted octanol–water partition coefficient (Wildman–Crippen LogP) is 3.61. The number of hydrogen-bond donors (Lipinski definition) is 1. The van der Waals surface area contributed by atoms with Crippen molar-refractivity contribution in [3.8, 4) is 0 Å². The van der Waals surface area contributed by atoms with Gasteiger partial charge in [-0.3, -0.25) is 9.59 Å². The highest BCUT2D eigenvalue weighted by atomic mass is 19.1. The van der Waals surface area contributed by atoms with Crippen LogP contribution in [0.5, 0.6) is 0 Å². The van der Waals surface area contributed by atoms with Gasteiger partial charge in [-0.2, -0.15) is 0 Å². The highest BCUT2D eigenvalue weighted by molar-refractivity contribution is 5.85. The zero-order valence-corrected chi connectivity index (χ0v) is 12.1. The summed E-state index contributed by atoms with van der Waals surface area (Å²) in [7, 11) is 0. The van der Waals surface area contributed by atoms with Crippen molar-refractivity contribution in [2.75, 3.05) is 0 Å². The minimum Gasteiger partial charge on any atom is -0.481 e. The van der Waals surface area contributed by atoms with Crippen LogP contribution in [0.25, 0.3) is 0 Å². The Morgan fingerprint density at radius 1 is 1.14 bits per heavy atom. The van der Waals surface area contributed by atoms with Crippen LogP contribution in [0.3, 0.4) is 0 Å². The summed E-state index contributed by atoms with van der Waals surface area (Å²) in [5.41, 5.74) is 0.750. The summed E-state index contributed by atoms with van der Waals surface area (Å²) in [5.74, 6) is -1.91. The first-order chi connectivity index (χ1) is 10.1. The van der Waals surface area contributed by atoms with Crippen molar-refractivity contribution in [2.24, 2.45) is 11.8 Å². The van der Waals surface area contributed by atoms with Crippen molar-refractivity contribution in [1.82, 2.24) is 0 Å². The maximum Gasteiger partial charge on any atom is 0.307 e. The van der Waals surface area contributed by atoms with E-state index >= 15 is 0 Å². The smallest absolute Gasteiger partial charge is 0.307 e. The van der Waals surface area contributed by atoms with Gasteiger partial charge < -0.3 is 5.11 Å². The van der Waals surface area contributed by atoms with Crippen molar-refractivity contribution in [3.63, 3.8) is 0 Å². The molecule has 1 aliphatic carbocycles. The summed E-state index contributed by atoms with van der Waals surface area (Å²) in [4.78, 5) is 23.6. The van der Waals surface area contributed by atoms with Gasteiger partial charge >= 0.3 is 5.97 Å². The first-order valence-corrected chi connectivity index (χ1v) is 7.56. The molecule has 1 aromatic rings. The van der Waals surface area contributed by atoms with E-state index < -0.39 is 11.9 Å². The van der Waals surface area contributed by atoms with E-state index in [2.05, 4.69) is 0 Å². The molecule has 0 radical (unpaired) electrons. The fraction of sp³-hybridized carbons (Fsp3) is 0.529. The van der Waals surface area contributed by atoms with Gasteiger partial charge in [0, 0.05) is 12.3 Å². The Labute approximate surface area is 124 Å². The molecule has 0 amide bonds. The number of carboxylic acid groups (broad SMARTS) is 1. The summed E-state index contributed by atoms with van der Waals surface area (Å²) >= 11 is 0. The van der Waals surface area contributed by atoms with Gasteiger partial charge in [-0.1, -0.05) is 31.4 Å². The number of ketones is 1. The Morgan fingerprint density at radius 2 is 1.76 bits per heavy atom. The average molecular weight is 292 g/mol. The Bertz CT molecular complexity index is 489. The zero-order chi connectivity index (χ0) is 15.2. The van der Waals surface area contributed by atoms with Crippen LogP contribution in [0.4, 0.5) is 4.39 Å². The van der Waals surface area contributed by atoms with Gasteiger partial charge in [0.1, 0.15) is 11.6 Å². The topological polar surface area (TPSA) is 54.4 Å². The standard InChI is InChI=1S/C17H21FO3/c18-15-8-6-12(7-9-15)10-14(17(20)21)11-16(19)13-4-2-1-3-5-13/h6-9,13-14H,1-5,10-11H2,(H,20,21). The van der Waals surface area contributed by atoms with Gasteiger partial charge in [-0.25, -0.2) is 4.39 Å². The van der Waals surface area contributed by atoms with Gasteiger partial charge in [0.25, 0.3) is 0 Å². The summed E-state index contributed by atoms with van der Waals surface area (Å²) in [6.45, 7) is 0. The third-order valence-corrected chi connectivity index (χ3v) is 4.25. The molecule has 2 rings (SSSR count). The van der Waals surface area contributed by atoms with E-state index in [0.29, 0.717) is 0 Å². The number of benzene rings is 1. The minimum absolute atomic E-state index is 0.0359. The van der Waals surface area contributed by atoms with E-state index in [-0.39, 0.29) is 30.4 Å². The van der Waals surface area contributed by atoms with Crippen molar-refractivity contribution in [3.05, 3.63) is 35.6 Å². The molecule has 0 bridgehead atoms. The molecule has 4 heteroatoms. The lowest BCUT2D eigenvalue weighted by molar-refractivity contribution is -0.144. The Kier molecular flexibility index (Phi) is 5.48. The molecule has 1 aromatic carbocycles. The monoisotopic (exact) mass is 292 g/mol. The summed E-state index contributed by atoms with van der Waals surface area (Å²) in [6, 6.07) is 5.79. The summed E-state index contributed by atoms with van der Waals surface area (Å²) in [5, 5.41) is 9.31. The molecule has 114 valence electrons. The van der Waals surface area contributed by atoms with Crippen LogP contribution in [0.2, 0.25) is 0 Å². The lowest BCUT2D eigenvalue weighted by Crippen LogP contribution is -2.25. The van der Waals surface area contributed by atoms with Crippen molar-refractivity contribution >= 4 is 11.8 Å². The van der Waals surface area contributed by atoms with Crippen molar-refractivity contribution < 1.29 is 19.1 Å². The zero-order valence-electron chi connectivity index (χ0n) is 12.1. The number of carboxylic acids is 1. The third kappa shape index (κ3) is 4.66. The second-order valence-electron chi connectivity index (χ2n) is 5.87. The van der Waals surface area contributed by atoms with Gasteiger partial charge in [-0.15, -0.1) is 0 Å². The first-order valence-electron chi connectivity index (χ1n) is 7.56. The van der Waals surface area contributed by atoms with Gasteiger partial charge in [0.2, 0.25) is 0 Å². The summed E-state index contributed by atoms with van der Waals surface area (Å²) in [6.07, 6.45) is 5.43. The van der Waals surface area contributed by atoms with Crippen LogP contribution in [0, 0.1) is 17.7 Å². The lowest BCUT2D eigenvalue weighted by atomic mass is 9.82. The molecule has 1 aliphatic rings. The Hall–Kier alpha value is -1.71.